The number of halogens is 2. The minimum atomic E-state index is -4.70. The van der Waals surface area contributed by atoms with Crippen molar-refractivity contribution in [3.8, 4) is 17.2 Å². The van der Waals surface area contributed by atoms with Crippen LogP contribution in [-0.4, -0.2) is 61.7 Å². The van der Waals surface area contributed by atoms with E-state index in [1.54, 1.807) is 43.2 Å². The molecule has 11 nitrogen and oxygen atoms in total. The van der Waals surface area contributed by atoms with Crippen LogP contribution in [0.15, 0.2) is 66.1 Å². The van der Waals surface area contributed by atoms with Gasteiger partial charge in [-0.1, -0.05) is 0 Å². The summed E-state index contributed by atoms with van der Waals surface area (Å²) in [6, 6.07) is 9.40. The standard InChI is InChI=1S/C29H31F2N5O6S/c1-35-24(7-10-34-35)21-11-20(40-3)13-26(21)42-27-14-23(31)28(15-22(27)30)43(37,38)36(29-8-9-32-17-33-29)16-18-5-6-19(39-2)12-25(18)41-4/h5-10,12,14-15,17,20-21,26H,11,13,16H2,1-4H3/t20-,21+,26-/m0/s1. The van der Waals surface area contributed by atoms with Gasteiger partial charge in [-0.2, -0.15) is 5.10 Å². The van der Waals surface area contributed by atoms with Gasteiger partial charge in [0, 0.05) is 74.4 Å². The maximum Gasteiger partial charge on any atom is 0.268 e. The summed E-state index contributed by atoms with van der Waals surface area (Å²) in [5, 5.41) is 4.21. The molecule has 1 aliphatic carbocycles. The van der Waals surface area contributed by atoms with E-state index in [4.69, 9.17) is 18.9 Å². The SMILES string of the molecule is COc1ccc(CN(c2ccncn2)S(=O)(=O)c2cc(F)c(O[C@H]3C[C@@H](OC)C[C@@H]3c3ccnn3C)cc2F)c(OC)c1. The van der Waals surface area contributed by atoms with Crippen molar-refractivity contribution in [1.82, 2.24) is 19.7 Å². The van der Waals surface area contributed by atoms with Crippen LogP contribution in [0.5, 0.6) is 17.2 Å². The van der Waals surface area contributed by atoms with Gasteiger partial charge in [-0.05, 0) is 24.6 Å². The molecule has 0 radical (unpaired) electrons. The average Bonchev–Trinajstić information content (AvgIpc) is 3.62. The number of rotatable bonds is 11. The third-order valence-corrected chi connectivity index (χ3v) is 9.26. The van der Waals surface area contributed by atoms with Crippen LogP contribution >= 0.6 is 0 Å². The number of ether oxygens (including phenoxy) is 4. The Morgan fingerprint density at radius 3 is 2.44 bits per heavy atom. The van der Waals surface area contributed by atoms with E-state index in [0.717, 1.165) is 22.4 Å². The van der Waals surface area contributed by atoms with E-state index in [9.17, 15) is 8.42 Å². The molecule has 2 aromatic heterocycles. The van der Waals surface area contributed by atoms with Gasteiger partial charge in [-0.25, -0.2) is 31.5 Å². The third kappa shape index (κ3) is 6.11. The van der Waals surface area contributed by atoms with Crippen molar-refractivity contribution in [1.29, 1.82) is 0 Å². The van der Waals surface area contributed by atoms with E-state index >= 15 is 8.78 Å². The minimum absolute atomic E-state index is 0.0522. The Morgan fingerprint density at radius 1 is 0.977 bits per heavy atom. The maximum atomic E-state index is 15.7. The summed E-state index contributed by atoms with van der Waals surface area (Å²) >= 11 is 0. The molecule has 1 fully saturated rings. The van der Waals surface area contributed by atoms with Crippen molar-refractivity contribution in [3.63, 3.8) is 0 Å². The molecule has 1 saturated carbocycles. The second kappa shape index (κ2) is 12.5. The summed E-state index contributed by atoms with van der Waals surface area (Å²) in [4.78, 5) is 7.02. The number of hydrogen-bond acceptors (Lipinski definition) is 9. The minimum Gasteiger partial charge on any atom is -0.497 e. The summed E-state index contributed by atoms with van der Waals surface area (Å²) in [5.41, 5.74) is 1.29. The quantitative estimate of drug-likeness (QED) is 0.244. The Kier molecular flexibility index (Phi) is 8.78. The Bertz CT molecular complexity index is 1690. The van der Waals surface area contributed by atoms with Crippen molar-refractivity contribution in [2.75, 3.05) is 25.6 Å². The number of nitrogens with zero attached hydrogens (tertiary/aromatic N) is 5. The molecule has 3 atom stereocenters. The molecule has 0 amide bonds. The summed E-state index contributed by atoms with van der Waals surface area (Å²) in [7, 11) is 1.58. The normalized spacial score (nSPS) is 18.4. The maximum absolute atomic E-state index is 15.7. The van der Waals surface area contributed by atoms with Crippen LogP contribution in [0, 0.1) is 11.6 Å². The molecule has 1 aliphatic rings. The highest BCUT2D eigenvalue weighted by Gasteiger charge is 2.39. The number of benzene rings is 2. The first-order valence-electron chi connectivity index (χ1n) is 13.3. The van der Waals surface area contributed by atoms with Gasteiger partial charge in [0.15, 0.2) is 11.6 Å². The number of anilines is 1. The summed E-state index contributed by atoms with van der Waals surface area (Å²) in [6.45, 7) is -0.307. The van der Waals surface area contributed by atoms with E-state index in [1.165, 1.54) is 26.5 Å². The Morgan fingerprint density at radius 2 is 1.79 bits per heavy atom. The Labute approximate surface area is 248 Å². The Hall–Kier alpha value is -4.30. The van der Waals surface area contributed by atoms with Gasteiger partial charge in [0.05, 0.1) is 26.9 Å². The predicted molar refractivity (Wildman–Crippen MR) is 152 cm³/mol. The molecule has 5 rings (SSSR count). The zero-order valence-corrected chi connectivity index (χ0v) is 24.8. The molecule has 0 N–H and O–H groups in total. The number of hydrogen-bond donors (Lipinski definition) is 0. The molecule has 0 spiro atoms. The van der Waals surface area contributed by atoms with E-state index < -0.39 is 38.4 Å². The molecule has 228 valence electrons. The fourth-order valence-corrected chi connectivity index (χ4v) is 6.73. The van der Waals surface area contributed by atoms with E-state index in [1.807, 2.05) is 6.07 Å². The number of aryl methyl sites for hydroxylation is 1. The average molecular weight is 616 g/mol. The molecule has 2 aromatic carbocycles. The molecule has 0 bridgehead atoms. The van der Waals surface area contributed by atoms with Gasteiger partial charge < -0.3 is 18.9 Å². The van der Waals surface area contributed by atoms with Crippen molar-refractivity contribution in [2.24, 2.45) is 7.05 Å². The monoisotopic (exact) mass is 615 g/mol. The van der Waals surface area contributed by atoms with Gasteiger partial charge in [-0.3, -0.25) is 4.68 Å². The first-order chi connectivity index (χ1) is 20.7. The third-order valence-electron chi connectivity index (χ3n) is 7.50. The van der Waals surface area contributed by atoms with Gasteiger partial charge in [0.2, 0.25) is 0 Å². The lowest BCUT2D eigenvalue weighted by Gasteiger charge is -2.25. The lowest BCUT2D eigenvalue weighted by Crippen LogP contribution is -2.32. The van der Waals surface area contributed by atoms with E-state index in [0.29, 0.717) is 36.0 Å². The molecule has 4 aromatic rings. The Balaban J connectivity index is 1.49. The van der Waals surface area contributed by atoms with Crippen LogP contribution in [0.1, 0.15) is 30.0 Å². The molecular formula is C29H31F2N5O6S. The smallest absolute Gasteiger partial charge is 0.268 e. The zero-order chi connectivity index (χ0) is 30.7. The van der Waals surface area contributed by atoms with Crippen molar-refractivity contribution < 1.29 is 36.1 Å². The van der Waals surface area contributed by atoms with Crippen LogP contribution < -0.4 is 18.5 Å². The summed E-state index contributed by atoms with van der Waals surface area (Å²) in [5.74, 6) is -2.05. The van der Waals surface area contributed by atoms with Crippen molar-refractivity contribution in [3.05, 3.63) is 84.1 Å². The van der Waals surface area contributed by atoms with Crippen LogP contribution in [0.25, 0.3) is 0 Å². The molecule has 0 saturated heterocycles. The van der Waals surface area contributed by atoms with E-state index in [-0.39, 0.29) is 24.4 Å². The molecule has 0 unspecified atom stereocenters. The van der Waals surface area contributed by atoms with E-state index in [2.05, 4.69) is 15.1 Å². The highest BCUT2D eigenvalue weighted by Crippen LogP contribution is 2.40. The van der Waals surface area contributed by atoms with Gasteiger partial charge in [0.25, 0.3) is 10.0 Å². The van der Waals surface area contributed by atoms with Crippen LogP contribution in [0.3, 0.4) is 0 Å². The number of sulfonamides is 1. The van der Waals surface area contributed by atoms with Gasteiger partial charge in [-0.15, -0.1) is 0 Å². The first kappa shape index (κ1) is 30.2. The van der Waals surface area contributed by atoms with Gasteiger partial charge >= 0.3 is 0 Å². The van der Waals surface area contributed by atoms with Crippen LogP contribution in [-0.2, 0) is 28.4 Å². The van der Waals surface area contributed by atoms with Crippen molar-refractivity contribution >= 4 is 15.8 Å². The lowest BCUT2D eigenvalue weighted by atomic mass is 10.0. The van der Waals surface area contributed by atoms with Crippen LogP contribution in [0.2, 0.25) is 0 Å². The molecule has 0 aliphatic heterocycles. The fraction of sp³-hybridized carbons (Fsp3) is 0.345. The largest absolute Gasteiger partial charge is 0.497 e. The van der Waals surface area contributed by atoms with Gasteiger partial charge in [0.1, 0.15) is 40.5 Å². The lowest BCUT2D eigenvalue weighted by molar-refractivity contribution is 0.0937. The summed E-state index contributed by atoms with van der Waals surface area (Å²) < 4.78 is 83.8. The molecule has 14 heteroatoms. The second-order valence-electron chi connectivity index (χ2n) is 9.94. The number of aromatic nitrogens is 4. The first-order valence-corrected chi connectivity index (χ1v) is 14.8. The van der Waals surface area contributed by atoms with Crippen molar-refractivity contribution in [2.45, 2.75) is 42.4 Å². The topological polar surface area (TPSA) is 118 Å². The van der Waals surface area contributed by atoms with Crippen LogP contribution in [0.4, 0.5) is 14.6 Å². The zero-order valence-electron chi connectivity index (χ0n) is 24.0. The highest BCUT2D eigenvalue weighted by molar-refractivity contribution is 7.92. The fourth-order valence-electron chi connectivity index (χ4n) is 5.27. The highest BCUT2D eigenvalue weighted by atomic mass is 32.2. The summed E-state index contributed by atoms with van der Waals surface area (Å²) in [6.07, 6.45) is 4.46. The molecule has 2 heterocycles. The molecule has 43 heavy (non-hydrogen) atoms. The predicted octanol–water partition coefficient (Wildman–Crippen LogP) is 4.24. The molecular weight excluding hydrogens is 584 g/mol. The number of methoxy groups -OCH3 is 3. The second-order valence-corrected chi connectivity index (χ2v) is 11.8.